The van der Waals surface area contributed by atoms with Crippen LogP contribution in [0, 0.1) is 4.91 Å². The van der Waals surface area contributed by atoms with Crippen molar-refractivity contribution in [1.82, 2.24) is 0 Å². The number of rotatable bonds is 9. The van der Waals surface area contributed by atoms with Crippen LogP contribution >= 0.6 is 0 Å². The Kier molecular flexibility index (Phi) is 8.88. The minimum Gasteiger partial charge on any atom is -0.392 e. The highest BCUT2D eigenvalue weighted by Gasteiger charge is 2.18. The molecule has 6 N–H and O–H groups in total. The standard InChI is InChI=1S/C10H19N5O4/c11-7(3-1-5-14-10(12)13)9(17)19-8(16)4-2-6-15-18/h7H,1-6,11H2,(H4,12,13,14)/t7-/m0/s1. The first-order valence-electron chi connectivity index (χ1n) is 5.82. The molecule has 9 heteroatoms. The highest BCUT2D eigenvalue weighted by atomic mass is 16.6. The molecule has 9 nitrogen and oxygen atoms in total. The monoisotopic (exact) mass is 273 g/mol. The third kappa shape index (κ3) is 9.65. The molecule has 0 aromatic rings. The van der Waals surface area contributed by atoms with Crippen molar-refractivity contribution in [1.29, 1.82) is 0 Å². The summed E-state index contributed by atoms with van der Waals surface area (Å²) in [5, 5.41) is 2.59. The second kappa shape index (κ2) is 9.95. The number of nitroso groups, excluding NO2 is 1. The van der Waals surface area contributed by atoms with Gasteiger partial charge in [0.25, 0.3) is 0 Å². The summed E-state index contributed by atoms with van der Waals surface area (Å²) in [5.74, 6) is -1.54. The number of ether oxygens (including phenoxy) is 1. The predicted octanol–water partition coefficient (Wildman–Crippen LogP) is -1.02. The molecule has 0 rings (SSSR count). The van der Waals surface area contributed by atoms with Gasteiger partial charge >= 0.3 is 11.9 Å². The minimum absolute atomic E-state index is 0.00780. The smallest absolute Gasteiger partial charge is 0.330 e. The van der Waals surface area contributed by atoms with Crippen molar-refractivity contribution in [2.45, 2.75) is 31.7 Å². The molecule has 0 heterocycles. The highest BCUT2D eigenvalue weighted by Crippen LogP contribution is 2.00. The zero-order valence-electron chi connectivity index (χ0n) is 10.6. The molecule has 108 valence electrons. The Morgan fingerprint density at radius 1 is 1.16 bits per heavy atom. The largest absolute Gasteiger partial charge is 0.392 e. The highest BCUT2D eigenvalue weighted by molar-refractivity contribution is 5.88. The van der Waals surface area contributed by atoms with Crippen molar-refractivity contribution >= 4 is 17.9 Å². The van der Waals surface area contributed by atoms with E-state index in [1.54, 1.807) is 0 Å². The van der Waals surface area contributed by atoms with Gasteiger partial charge in [0, 0.05) is 13.0 Å². The average molecular weight is 273 g/mol. The maximum Gasteiger partial charge on any atom is 0.330 e. The molecule has 0 fully saturated rings. The average Bonchev–Trinajstić information content (AvgIpc) is 2.34. The molecule has 0 amide bonds. The number of guanidine groups is 1. The van der Waals surface area contributed by atoms with E-state index >= 15 is 0 Å². The van der Waals surface area contributed by atoms with Crippen LogP contribution in [0.25, 0.3) is 0 Å². The van der Waals surface area contributed by atoms with Crippen LogP contribution in [-0.2, 0) is 14.3 Å². The Bertz CT molecular complexity index is 341. The molecular formula is C10H19N5O4. The molecular weight excluding hydrogens is 254 g/mol. The third-order valence-electron chi connectivity index (χ3n) is 2.12. The van der Waals surface area contributed by atoms with Gasteiger partial charge in [-0.25, -0.2) is 4.79 Å². The number of esters is 2. The summed E-state index contributed by atoms with van der Waals surface area (Å²) < 4.78 is 4.51. The van der Waals surface area contributed by atoms with E-state index in [1.807, 2.05) is 0 Å². The molecule has 0 radical (unpaired) electrons. The molecule has 0 aromatic carbocycles. The van der Waals surface area contributed by atoms with Gasteiger partial charge in [0.15, 0.2) is 5.96 Å². The Labute approximate surface area is 110 Å². The number of carbonyl (C=O) groups is 2. The Morgan fingerprint density at radius 2 is 1.84 bits per heavy atom. The molecule has 0 bridgehead atoms. The van der Waals surface area contributed by atoms with Gasteiger partial charge in [0.05, 0.1) is 6.54 Å². The minimum atomic E-state index is -0.901. The van der Waals surface area contributed by atoms with Gasteiger partial charge in [0.1, 0.15) is 6.04 Å². The SMILES string of the molecule is NC(N)=NCCC[C@H](N)C(=O)OC(=O)CCCN=O. The van der Waals surface area contributed by atoms with E-state index in [4.69, 9.17) is 17.2 Å². The lowest BCUT2D eigenvalue weighted by Gasteiger charge is -2.09. The number of hydrogen-bond acceptors (Lipinski definition) is 7. The summed E-state index contributed by atoms with van der Waals surface area (Å²) in [6, 6.07) is -0.901. The Morgan fingerprint density at radius 3 is 2.42 bits per heavy atom. The molecule has 1 atom stereocenters. The summed E-state index contributed by atoms with van der Waals surface area (Å²) in [4.78, 5) is 36.0. The van der Waals surface area contributed by atoms with Crippen molar-refractivity contribution in [2.75, 3.05) is 13.1 Å². The van der Waals surface area contributed by atoms with Crippen molar-refractivity contribution in [3.8, 4) is 0 Å². The molecule has 0 saturated carbocycles. The van der Waals surface area contributed by atoms with Gasteiger partial charge in [-0.2, -0.15) is 4.91 Å². The van der Waals surface area contributed by atoms with Crippen molar-refractivity contribution in [3.63, 3.8) is 0 Å². The van der Waals surface area contributed by atoms with E-state index in [9.17, 15) is 14.5 Å². The van der Waals surface area contributed by atoms with Crippen molar-refractivity contribution in [2.24, 2.45) is 27.4 Å². The van der Waals surface area contributed by atoms with E-state index in [2.05, 4.69) is 14.9 Å². The van der Waals surface area contributed by atoms with Crippen molar-refractivity contribution in [3.05, 3.63) is 4.91 Å². The summed E-state index contributed by atoms with van der Waals surface area (Å²) in [6.07, 6.45) is 1.00. The van der Waals surface area contributed by atoms with Crippen LogP contribution in [0.5, 0.6) is 0 Å². The fraction of sp³-hybridized carbons (Fsp3) is 0.700. The summed E-state index contributed by atoms with van der Waals surface area (Å²) in [7, 11) is 0. The van der Waals surface area contributed by atoms with Crippen molar-refractivity contribution < 1.29 is 14.3 Å². The molecule has 0 spiro atoms. The Balaban J connectivity index is 3.83. The van der Waals surface area contributed by atoms with Gasteiger partial charge < -0.3 is 21.9 Å². The van der Waals surface area contributed by atoms with E-state index in [0.29, 0.717) is 19.4 Å². The van der Waals surface area contributed by atoms with Crippen LogP contribution in [0.4, 0.5) is 0 Å². The van der Waals surface area contributed by atoms with E-state index in [0.717, 1.165) is 0 Å². The van der Waals surface area contributed by atoms with Gasteiger partial charge in [-0.05, 0) is 19.3 Å². The summed E-state index contributed by atoms with van der Waals surface area (Å²) >= 11 is 0. The number of nitrogens with two attached hydrogens (primary N) is 3. The first kappa shape index (κ1) is 17.0. The van der Waals surface area contributed by atoms with Gasteiger partial charge in [-0.1, -0.05) is 5.18 Å². The van der Waals surface area contributed by atoms with Crippen LogP contribution in [0.15, 0.2) is 10.2 Å². The summed E-state index contributed by atoms with van der Waals surface area (Å²) in [5.41, 5.74) is 15.8. The van der Waals surface area contributed by atoms with Gasteiger partial charge in [-0.15, -0.1) is 0 Å². The first-order valence-corrected chi connectivity index (χ1v) is 5.82. The van der Waals surface area contributed by atoms with Crippen LogP contribution < -0.4 is 17.2 Å². The third-order valence-corrected chi connectivity index (χ3v) is 2.12. The zero-order valence-corrected chi connectivity index (χ0v) is 10.6. The van der Waals surface area contributed by atoms with Crippen LogP contribution in [-0.4, -0.2) is 37.0 Å². The molecule has 19 heavy (non-hydrogen) atoms. The maximum absolute atomic E-state index is 11.4. The number of hydrogen-bond donors (Lipinski definition) is 3. The van der Waals surface area contributed by atoms with E-state index in [1.165, 1.54) is 0 Å². The maximum atomic E-state index is 11.4. The summed E-state index contributed by atoms with van der Waals surface area (Å²) in [6.45, 7) is 0.357. The molecule has 0 aliphatic heterocycles. The fourth-order valence-corrected chi connectivity index (χ4v) is 1.16. The zero-order chi connectivity index (χ0) is 14.7. The lowest BCUT2D eigenvalue weighted by atomic mass is 10.2. The first-order chi connectivity index (χ1) is 8.97. The topological polar surface area (TPSA) is 163 Å². The van der Waals surface area contributed by atoms with Gasteiger partial charge in [0.2, 0.25) is 0 Å². The molecule has 0 aliphatic rings. The molecule has 0 saturated heterocycles. The lowest BCUT2D eigenvalue weighted by molar-refractivity contribution is -0.160. The predicted molar refractivity (Wildman–Crippen MR) is 68.9 cm³/mol. The molecule has 0 aromatic heterocycles. The fourth-order valence-electron chi connectivity index (χ4n) is 1.16. The number of nitrogens with zero attached hydrogens (tertiary/aromatic N) is 2. The quantitative estimate of drug-likeness (QED) is 0.121. The second-order valence-corrected chi connectivity index (χ2v) is 3.80. The van der Waals surface area contributed by atoms with E-state index in [-0.39, 0.29) is 25.3 Å². The normalized spacial score (nSPS) is 11.4. The molecule has 0 aliphatic carbocycles. The number of carbonyl (C=O) groups excluding carboxylic acids is 2. The molecule has 0 unspecified atom stereocenters. The van der Waals surface area contributed by atoms with Gasteiger partial charge in [-0.3, -0.25) is 9.79 Å². The lowest BCUT2D eigenvalue weighted by Crippen LogP contribution is -2.34. The van der Waals surface area contributed by atoms with Crippen LogP contribution in [0.3, 0.4) is 0 Å². The Hall–Kier alpha value is -2.03. The van der Waals surface area contributed by atoms with Crippen LogP contribution in [0.1, 0.15) is 25.7 Å². The second-order valence-electron chi connectivity index (χ2n) is 3.80. The van der Waals surface area contributed by atoms with E-state index < -0.39 is 18.0 Å². The number of aliphatic imine (C=N–C) groups is 1. The van der Waals surface area contributed by atoms with Crippen LogP contribution in [0.2, 0.25) is 0 Å².